The molecule has 0 aliphatic heterocycles. The maximum absolute atomic E-state index is 12.4. The Bertz CT molecular complexity index is 692. The van der Waals surface area contributed by atoms with E-state index in [1.165, 1.54) is 38.4 Å². The molecule has 1 rings (SSSR count). The third-order valence-electron chi connectivity index (χ3n) is 4.12. The number of benzene rings is 1. The zero-order chi connectivity index (χ0) is 18.5. The van der Waals surface area contributed by atoms with Crippen molar-refractivity contribution in [2.75, 3.05) is 14.1 Å². The second-order valence-electron chi connectivity index (χ2n) is 5.82. The molecule has 8 heteroatoms. The minimum absolute atomic E-state index is 0.0897. The summed E-state index contributed by atoms with van der Waals surface area (Å²) in [6, 6.07) is 5.56. The summed E-state index contributed by atoms with van der Waals surface area (Å²) in [5.74, 6) is -1.40. The Hall–Kier alpha value is -1.93. The molecule has 0 radical (unpaired) electrons. The second-order valence-corrected chi connectivity index (χ2v) is 7.98. The van der Waals surface area contributed by atoms with E-state index in [2.05, 4.69) is 5.32 Å². The highest BCUT2D eigenvalue weighted by molar-refractivity contribution is 7.89. The molecule has 1 aromatic rings. The van der Waals surface area contributed by atoms with Crippen molar-refractivity contribution in [3.8, 4) is 0 Å². The number of hydrogen-bond acceptors (Lipinski definition) is 4. The van der Waals surface area contributed by atoms with Gasteiger partial charge in [-0.25, -0.2) is 12.7 Å². The zero-order valence-electron chi connectivity index (χ0n) is 14.4. The summed E-state index contributed by atoms with van der Waals surface area (Å²) >= 11 is 0. The van der Waals surface area contributed by atoms with Gasteiger partial charge in [0, 0.05) is 19.7 Å². The summed E-state index contributed by atoms with van der Waals surface area (Å²) in [7, 11) is -0.697. The maximum atomic E-state index is 12.4. The van der Waals surface area contributed by atoms with E-state index in [1.807, 2.05) is 13.8 Å². The predicted molar refractivity (Wildman–Crippen MR) is 90.3 cm³/mol. The average Bonchev–Trinajstić information content (AvgIpc) is 2.53. The fraction of sp³-hybridized carbons (Fsp3) is 0.500. The van der Waals surface area contributed by atoms with Crippen LogP contribution in [0.2, 0.25) is 0 Å². The Balaban J connectivity index is 3.02. The van der Waals surface area contributed by atoms with Crippen molar-refractivity contribution in [3.05, 3.63) is 29.8 Å². The number of rotatable bonds is 8. The highest BCUT2D eigenvalue weighted by Gasteiger charge is 2.31. The van der Waals surface area contributed by atoms with Gasteiger partial charge in [-0.05, 0) is 37.1 Å². The van der Waals surface area contributed by atoms with Gasteiger partial charge in [-0.15, -0.1) is 0 Å². The van der Waals surface area contributed by atoms with Crippen LogP contribution in [0.4, 0.5) is 0 Å². The smallest absolute Gasteiger partial charge is 0.305 e. The minimum Gasteiger partial charge on any atom is -0.481 e. The van der Waals surface area contributed by atoms with Gasteiger partial charge < -0.3 is 10.4 Å². The standard InChI is InChI=1S/C16H24N2O5S/c1-5-16(6-2,11-14(19)20)17-15(21)12-7-9-13(10-8-12)24(22,23)18(3)4/h7-10H,5-6,11H2,1-4H3,(H,17,21)(H,19,20). The van der Waals surface area contributed by atoms with Crippen LogP contribution in [0.1, 0.15) is 43.5 Å². The molecule has 7 nitrogen and oxygen atoms in total. The molecule has 0 aliphatic carbocycles. The monoisotopic (exact) mass is 356 g/mol. The van der Waals surface area contributed by atoms with E-state index in [-0.39, 0.29) is 16.9 Å². The Kier molecular flexibility index (Phi) is 6.50. The molecular weight excluding hydrogens is 332 g/mol. The Labute approximate surface area is 142 Å². The van der Waals surface area contributed by atoms with E-state index in [9.17, 15) is 18.0 Å². The van der Waals surface area contributed by atoms with Crippen molar-refractivity contribution in [3.63, 3.8) is 0 Å². The van der Waals surface area contributed by atoms with Crippen molar-refractivity contribution in [2.45, 2.75) is 43.5 Å². The van der Waals surface area contributed by atoms with Crippen molar-refractivity contribution < 1.29 is 23.1 Å². The first-order valence-electron chi connectivity index (χ1n) is 7.65. The fourth-order valence-electron chi connectivity index (χ4n) is 2.31. The first-order chi connectivity index (χ1) is 11.1. The largest absolute Gasteiger partial charge is 0.481 e. The number of carboxylic acids is 1. The normalized spacial score (nSPS) is 12.2. The second kappa shape index (κ2) is 7.76. The summed E-state index contributed by atoms with van der Waals surface area (Å²) in [6.07, 6.45) is 0.794. The molecule has 0 atom stereocenters. The third-order valence-corrected chi connectivity index (χ3v) is 5.95. The summed E-state index contributed by atoms with van der Waals surface area (Å²) in [5.41, 5.74) is -0.540. The van der Waals surface area contributed by atoms with Gasteiger partial charge in [0.1, 0.15) is 0 Å². The first kappa shape index (κ1) is 20.1. The fourth-order valence-corrected chi connectivity index (χ4v) is 3.21. The lowest BCUT2D eigenvalue weighted by atomic mass is 9.88. The van der Waals surface area contributed by atoms with Crippen molar-refractivity contribution in [1.82, 2.24) is 9.62 Å². The molecule has 0 saturated carbocycles. The van der Waals surface area contributed by atoms with Gasteiger partial charge in [-0.1, -0.05) is 13.8 Å². The molecular formula is C16H24N2O5S. The Morgan fingerprint density at radius 1 is 1.12 bits per heavy atom. The van der Waals surface area contributed by atoms with E-state index < -0.39 is 27.4 Å². The molecule has 0 heterocycles. The molecule has 0 aromatic heterocycles. The van der Waals surface area contributed by atoms with Crippen LogP contribution >= 0.6 is 0 Å². The molecule has 0 fully saturated rings. The van der Waals surface area contributed by atoms with E-state index in [0.29, 0.717) is 12.8 Å². The van der Waals surface area contributed by atoms with Gasteiger partial charge in [0.25, 0.3) is 5.91 Å². The summed E-state index contributed by atoms with van der Waals surface area (Å²) in [5, 5.41) is 11.8. The molecule has 0 unspecified atom stereocenters. The number of nitrogens with zero attached hydrogens (tertiary/aromatic N) is 1. The highest BCUT2D eigenvalue weighted by Crippen LogP contribution is 2.21. The number of carbonyl (C=O) groups excluding carboxylic acids is 1. The van der Waals surface area contributed by atoms with Crippen molar-refractivity contribution >= 4 is 21.9 Å². The van der Waals surface area contributed by atoms with Crippen LogP contribution in [0.3, 0.4) is 0 Å². The number of nitrogens with one attached hydrogen (secondary N) is 1. The summed E-state index contributed by atoms with van der Waals surface area (Å²) in [4.78, 5) is 23.5. The Morgan fingerprint density at radius 3 is 2.00 bits per heavy atom. The number of carboxylic acid groups (broad SMARTS) is 1. The van der Waals surface area contributed by atoms with E-state index in [1.54, 1.807) is 0 Å². The molecule has 0 spiro atoms. The quantitative estimate of drug-likeness (QED) is 0.738. The maximum Gasteiger partial charge on any atom is 0.305 e. The average molecular weight is 356 g/mol. The van der Waals surface area contributed by atoms with Gasteiger partial charge in [-0.2, -0.15) is 0 Å². The van der Waals surface area contributed by atoms with Crippen LogP contribution in [0.15, 0.2) is 29.2 Å². The van der Waals surface area contributed by atoms with Gasteiger partial charge >= 0.3 is 5.97 Å². The van der Waals surface area contributed by atoms with Gasteiger partial charge in [0.05, 0.1) is 16.9 Å². The number of amides is 1. The molecule has 0 bridgehead atoms. The predicted octanol–water partition coefficient (Wildman–Crippen LogP) is 1.70. The number of aliphatic carboxylic acids is 1. The highest BCUT2D eigenvalue weighted by atomic mass is 32.2. The number of hydrogen-bond donors (Lipinski definition) is 2. The van der Waals surface area contributed by atoms with Crippen LogP contribution < -0.4 is 5.32 Å². The van der Waals surface area contributed by atoms with Crippen LogP contribution in [0.5, 0.6) is 0 Å². The van der Waals surface area contributed by atoms with E-state index >= 15 is 0 Å². The van der Waals surface area contributed by atoms with E-state index in [0.717, 1.165) is 4.31 Å². The van der Waals surface area contributed by atoms with Crippen LogP contribution in [-0.4, -0.2) is 49.3 Å². The first-order valence-corrected chi connectivity index (χ1v) is 9.09. The van der Waals surface area contributed by atoms with Crippen LogP contribution in [0.25, 0.3) is 0 Å². The minimum atomic E-state index is -3.56. The van der Waals surface area contributed by atoms with Gasteiger partial charge in [0.2, 0.25) is 10.0 Å². The Morgan fingerprint density at radius 2 is 1.62 bits per heavy atom. The van der Waals surface area contributed by atoms with E-state index in [4.69, 9.17) is 5.11 Å². The van der Waals surface area contributed by atoms with Crippen LogP contribution in [0, 0.1) is 0 Å². The molecule has 0 saturated heterocycles. The number of carbonyl (C=O) groups is 2. The number of sulfonamides is 1. The summed E-state index contributed by atoms with van der Waals surface area (Å²) in [6.45, 7) is 3.64. The molecule has 1 aromatic carbocycles. The SMILES string of the molecule is CCC(CC)(CC(=O)O)NC(=O)c1ccc(S(=O)(=O)N(C)C)cc1. The lowest BCUT2D eigenvalue weighted by molar-refractivity contribution is -0.138. The summed E-state index contributed by atoms with van der Waals surface area (Å²) < 4.78 is 25.1. The molecule has 2 N–H and O–H groups in total. The lowest BCUT2D eigenvalue weighted by Gasteiger charge is -2.31. The third kappa shape index (κ3) is 4.55. The lowest BCUT2D eigenvalue weighted by Crippen LogP contribution is -2.49. The molecule has 134 valence electrons. The van der Waals surface area contributed by atoms with Crippen LogP contribution in [-0.2, 0) is 14.8 Å². The van der Waals surface area contributed by atoms with Gasteiger partial charge in [0.15, 0.2) is 0 Å². The molecule has 0 aliphatic rings. The van der Waals surface area contributed by atoms with Gasteiger partial charge in [-0.3, -0.25) is 9.59 Å². The zero-order valence-corrected chi connectivity index (χ0v) is 15.2. The van der Waals surface area contributed by atoms with Crippen molar-refractivity contribution in [2.24, 2.45) is 0 Å². The van der Waals surface area contributed by atoms with Crippen molar-refractivity contribution in [1.29, 1.82) is 0 Å². The molecule has 1 amide bonds. The molecule has 24 heavy (non-hydrogen) atoms. The topological polar surface area (TPSA) is 104 Å².